The molecule has 7 heteroatoms. The molecule has 0 bridgehead atoms. The first kappa shape index (κ1) is 18.7. The number of H-pyrrole nitrogens is 1. The molecule has 1 aromatic carbocycles. The molecule has 0 saturated heterocycles. The summed E-state index contributed by atoms with van der Waals surface area (Å²) in [7, 11) is 0. The van der Waals surface area contributed by atoms with Crippen molar-refractivity contribution in [3.63, 3.8) is 0 Å². The third-order valence-electron chi connectivity index (χ3n) is 4.17. The van der Waals surface area contributed by atoms with E-state index in [0.29, 0.717) is 29.4 Å². The number of aromatic nitrogens is 3. The van der Waals surface area contributed by atoms with Crippen LogP contribution in [0.2, 0.25) is 0 Å². The zero-order valence-corrected chi connectivity index (χ0v) is 15.2. The summed E-state index contributed by atoms with van der Waals surface area (Å²) < 4.78 is 13.3. The molecular weight excluding hydrogens is 345 g/mol. The van der Waals surface area contributed by atoms with E-state index < -0.39 is 6.04 Å². The van der Waals surface area contributed by atoms with E-state index in [0.717, 1.165) is 11.1 Å². The van der Waals surface area contributed by atoms with Crippen molar-refractivity contribution >= 4 is 11.7 Å². The van der Waals surface area contributed by atoms with Gasteiger partial charge >= 0.3 is 0 Å². The third-order valence-corrected chi connectivity index (χ3v) is 4.17. The van der Waals surface area contributed by atoms with Gasteiger partial charge in [-0.25, -0.2) is 4.39 Å². The Morgan fingerprint density at radius 1 is 1.15 bits per heavy atom. The lowest BCUT2D eigenvalue weighted by Crippen LogP contribution is -2.36. The van der Waals surface area contributed by atoms with Gasteiger partial charge in [0.15, 0.2) is 5.82 Å². The molecule has 1 atom stereocenters. The smallest absolute Gasteiger partial charge is 0.242 e. The summed E-state index contributed by atoms with van der Waals surface area (Å²) in [6.45, 7) is 4.02. The van der Waals surface area contributed by atoms with Crippen molar-refractivity contribution in [3.05, 3.63) is 54.6 Å². The number of nitrogens with two attached hydrogens (primary N) is 1. The highest BCUT2D eigenvalue weighted by Gasteiger charge is 2.21. The molecule has 0 fully saturated rings. The first-order chi connectivity index (χ1) is 13.0. The van der Waals surface area contributed by atoms with Gasteiger partial charge in [-0.3, -0.25) is 14.9 Å². The molecule has 27 heavy (non-hydrogen) atoms. The van der Waals surface area contributed by atoms with Gasteiger partial charge in [0.2, 0.25) is 5.91 Å². The van der Waals surface area contributed by atoms with E-state index in [-0.39, 0.29) is 11.7 Å². The van der Waals surface area contributed by atoms with Crippen LogP contribution >= 0.6 is 0 Å². The fourth-order valence-corrected chi connectivity index (χ4v) is 2.88. The molecule has 0 radical (unpaired) electrons. The summed E-state index contributed by atoms with van der Waals surface area (Å²) in [5.41, 5.74) is 8.94. The Hall–Kier alpha value is -3.06. The van der Waals surface area contributed by atoms with E-state index in [1.807, 2.05) is 26.0 Å². The monoisotopic (exact) mass is 367 g/mol. The number of benzene rings is 1. The fraction of sp³-hybridized carbons (Fsp3) is 0.250. The molecule has 4 N–H and O–H groups in total. The number of aromatic amines is 1. The Kier molecular flexibility index (Phi) is 5.61. The number of anilines is 1. The van der Waals surface area contributed by atoms with E-state index in [9.17, 15) is 9.18 Å². The maximum atomic E-state index is 13.3. The minimum absolute atomic E-state index is 0.295. The minimum Gasteiger partial charge on any atom is -0.320 e. The summed E-state index contributed by atoms with van der Waals surface area (Å²) in [4.78, 5) is 16.5. The quantitative estimate of drug-likeness (QED) is 0.620. The molecule has 1 amide bonds. The molecule has 0 aliphatic heterocycles. The van der Waals surface area contributed by atoms with Gasteiger partial charge in [-0.15, -0.1) is 0 Å². The van der Waals surface area contributed by atoms with Crippen LogP contribution in [0.3, 0.4) is 0 Å². The molecule has 0 aliphatic carbocycles. The van der Waals surface area contributed by atoms with Crippen LogP contribution in [0.5, 0.6) is 0 Å². The molecule has 6 nitrogen and oxygen atoms in total. The minimum atomic E-state index is -0.624. The van der Waals surface area contributed by atoms with Crippen LogP contribution in [0.4, 0.5) is 10.2 Å². The largest absolute Gasteiger partial charge is 0.320 e. The van der Waals surface area contributed by atoms with Gasteiger partial charge < -0.3 is 11.1 Å². The highest BCUT2D eigenvalue weighted by molar-refractivity contribution is 6.00. The molecule has 2 heterocycles. The van der Waals surface area contributed by atoms with E-state index in [4.69, 9.17) is 5.73 Å². The number of nitrogens with one attached hydrogen (secondary N) is 2. The Morgan fingerprint density at radius 3 is 2.44 bits per heavy atom. The maximum absolute atomic E-state index is 13.3. The molecule has 0 unspecified atom stereocenters. The van der Waals surface area contributed by atoms with Gasteiger partial charge in [-0.1, -0.05) is 13.8 Å². The van der Waals surface area contributed by atoms with Crippen molar-refractivity contribution in [2.75, 3.05) is 5.32 Å². The van der Waals surface area contributed by atoms with E-state index >= 15 is 0 Å². The number of rotatable bonds is 6. The van der Waals surface area contributed by atoms with Crippen LogP contribution in [-0.2, 0) is 4.79 Å². The topological polar surface area (TPSA) is 96.7 Å². The van der Waals surface area contributed by atoms with Crippen molar-refractivity contribution in [2.45, 2.75) is 26.3 Å². The average molecular weight is 367 g/mol. The van der Waals surface area contributed by atoms with Gasteiger partial charge in [0.05, 0.1) is 17.3 Å². The normalized spacial score (nSPS) is 12.2. The summed E-state index contributed by atoms with van der Waals surface area (Å²) >= 11 is 0. The molecule has 3 aromatic rings. The average Bonchev–Trinajstić information content (AvgIpc) is 3.06. The second-order valence-electron chi connectivity index (χ2n) is 6.79. The van der Waals surface area contributed by atoms with Crippen LogP contribution in [0.15, 0.2) is 48.8 Å². The number of carbonyl (C=O) groups excluding carboxylic acids is 1. The summed E-state index contributed by atoms with van der Waals surface area (Å²) in [6, 6.07) is 9.09. The highest BCUT2D eigenvalue weighted by Crippen LogP contribution is 2.36. The summed E-state index contributed by atoms with van der Waals surface area (Å²) in [5, 5.41) is 10.0. The maximum Gasteiger partial charge on any atom is 0.242 e. The van der Waals surface area contributed by atoms with Gasteiger partial charge in [-0.2, -0.15) is 5.10 Å². The first-order valence-corrected chi connectivity index (χ1v) is 8.77. The lowest BCUT2D eigenvalue weighted by atomic mass is 10.0. The molecule has 0 spiro atoms. The number of halogens is 1. The number of carbonyl (C=O) groups is 1. The van der Waals surface area contributed by atoms with Crippen molar-refractivity contribution in [1.82, 2.24) is 15.2 Å². The molecule has 140 valence electrons. The predicted molar refractivity (Wildman–Crippen MR) is 103 cm³/mol. The number of pyridine rings is 1. The van der Waals surface area contributed by atoms with Gasteiger partial charge in [0.1, 0.15) is 5.82 Å². The van der Waals surface area contributed by atoms with Crippen molar-refractivity contribution in [3.8, 4) is 22.4 Å². The Bertz CT molecular complexity index is 906. The fourth-order valence-electron chi connectivity index (χ4n) is 2.88. The molecule has 3 rings (SSSR count). The molecule has 0 aliphatic rings. The highest BCUT2D eigenvalue weighted by atomic mass is 19.1. The van der Waals surface area contributed by atoms with Crippen LogP contribution in [-0.4, -0.2) is 27.1 Å². The van der Waals surface area contributed by atoms with Gasteiger partial charge in [0, 0.05) is 18.0 Å². The lowest BCUT2D eigenvalue weighted by Gasteiger charge is -2.14. The standard InChI is InChI=1S/C20H22FN5O/c1-12(2)11-16(22)20(27)24-19-17(13-7-9-23-10-8-13)18(25-26-19)14-3-5-15(21)6-4-14/h3-10,12,16H,11,22H2,1-2H3,(H2,24,25,26,27)/t16-/m0/s1. The SMILES string of the molecule is CC(C)C[C@H](N)C(=O)Nc1n[nH]c(-c2ccc(F)cc2)c1-c1ccncc1. The third kappa shape index (κ3) is 4.38. The van der Waals surface area contributed by atoms with Gasteiger partial charge in [-0.05, 0) is 54.3 Å². The second-order valence-corrected chi connectivity index (χ2v) is 6.79. The Labute approximate surface area is 157 Å². The molecular formula is C20H22FN5O. The van der Waals surface area contributed by atoms with Crippen LogP contribution in [0.25, 0.3) is 22.4 Å². The summed E-state index contributed by atoms with van der Waals surface area (Å²) in [6.07, 6.45) is 3.89. The number of nitrogens with zero attached hydrogens (tertiary/aromatic N) is 2. The van der Waals surface area contributed by atoms with Crippen LogP contribution in [0.1, 0.15) is 20.3 Å². The second kappa shape index (κ2) is 8.09. The van der Waals surface area contributed by atoms with Crippen LogP contribution < -0.4 is 11.1 Å². The number of amides is 1. The lowest BCUT2D eigenvalue weighted by molar-refractivity contribution is -0.117. The van der Waals surface area contributed by atoms with E-state index in [1.54, 1.807) is 24.5 Å². The van der Waals surface area contributed by atoms with Crippen molar-refractivity contribution < 1.29 is 9.18 Å². The number of hydrogen-bond donors (Lipinski definition) is 3. The first-order valence-electron chi connectivity index (χ1n) is 8.77. The van der Waals surface area contributed by atoms with Crippen LogP contribution in [0, 0.1) is 11.7 Å². The Morgan fingerprint density at radius 2 is 1.81 bits per heavy atom. The zero-order valence-electron chi connectivity index (χ0n) is 15.2. The Balaban J connectivity index is 1.99. The molecule has 0 saturated carbocycles. The molecule has 2 aromatic heterocycles. The van der Waals surface area contributed by atoms with E-state index in [2.05, 4.69) is 20.5 Å². The van der Waals surface area contributed by atoms with Crippen molar-refractivity contribution in [2.24, 2.45) is 11.7 Å². The van der Waals surface area contributed by atoms with Crippen molar-refractivity contribution in [1.29, 1.82) is 0 Å². The predicted octanol–water partition coefficient (Wildman–Crippen LogP) is 3.59. The van der Waals surface area contributed by atoms with Gasteiger partial charge in [0.25, 0.3) is 0 Å². The zero-order chi connectivity index (χ0) is 19.4. The number of hydrogen-bond acceptors (Lipinski definition) is 4. The summed E-state index contributed by atoms with van der Waals surface area (Å²) in [5.74, 6) is 0.0668. The van der Waals surface area contributed by atoms with E-state index in [1.165, 1.54) is 12.1 Å².